The third-order valence-electron chi connectivity index (χ3n) is 6.92. The van der Waals surface area contributed by atoms with Crippen LogP contribution in [-0.2, 0) is 17.6 Å². The summed E-state index contributed by atoms with van der Waals surface area (Å²) in [5.74, 6) is 0.273. The molecule has 0 saturated carbocycles. The minimum atomic E-state index is 0.273. The maximum atomic E-state index is 12.9. The van der Waals surface area contributed by atoms with Crippen LogP contribution in [0.1, 0.15) is 75.6 Å². The first-order valence-electron chi connectivity index (χ1n) is 12.0. The average molecular weight is 492 g/mol. The molecule has 0 radical (unpaired) electrons. The Morgan fingerprint density at radius 1 is 0.706 bits per heavy atom. The fraction of sp³-hybridized carbons (Fsp3) is 0.323. The van der Waals surface area contributed by atoms with Crippen molar-refractivity contribution in [2.75, 3.05) is 0 Å². The maximum absolute atomic E-state index is 12.9. The van der Waals surface area contributed by atoms with Gasteiger partial charge in [-0.1, -0.05) is 58.6 Å². The smallest absolute Gasteiger partial charge is 0.133 e. The molecule has 34 heavy (non-hydrogen) atoms. The highest BCUT2D eigenvalue weighted by Crippen LogP contribution is 2.37. The summed E-state index contributed by atoms with van der Waals surface area (Å²) < 4.78 is 0. The van der Waals surface area contributed by atoms with Crippen LogP contribution >= 0.6 is 23.2 Å². The zero-order chi connectivity index (χ0) is 24.4. The largest absolute Gasteiger partial charge is 0.300 e. The summed E-state index contributed by atoms with van der Waals surface area (Å²) in [5, 5.41) is 1.44. The van der Waals surface area contributed by atoms with E-state index < -0.39 is 0 Å². The maximum Gasteiger partial charge on any atom is 0.133 e. The Kier molecular flexibility index (Phi) is 7.65. The van der Waals surface area contributed by atoms with Gasteiger partial charge in [0, 0.05) is 22.9 Å². The van der Waals surface area contributed by atoms with Crippen molar-refractivity contribution in [3.05, 3.63) is 103 Å². The molecule has 2 aromatic carbocycles. The summed E-state index contributed by atoms with van der Waals surface area (Å²) >= 11 is 12.7. The molecular formula is C31H32Cl2O. The highest BCUT2D eigenvalue weighted by atomic mass is 35.5. The van der Waals surface area contributed by atoms with E-state index >= 15 is 0 Å². The van der Waals surface area contributed by atoms with Crippen molar-refractivity contribution in [2.24, 2.45) is 0 Å². The van der Waals surface area contributed by atoms with Crippen LogP contribution in [0.4, 0.5) is 0 Å². The standard InChI is InChI=1S/C31H32Cl2O/c1-19-13-21(3)30(15-19)28-11-7-25(32)17-23(28)5-9-27(34)10-6-24-18-26(33)8-12-29(24)31-16-20(2)14-22(31)4/h7-8,11-14,17-18H,5-6,9-10,15-16H2,1-4H3. The molecule has 3 heteroatoms. The number of hydrogen-bond donors (Lipinski definition) is 0. The number of carbonyl (C=O) groups excluding carboxylic acids is 1. The van der Waals surface area contributed by atoms with Crippen LogP contribution in [0.15, 0.2) is 70.8 Å². The third-order valence-corrected chi connectivity index (χ3v) is 7.39. The quantitative estimate of drug-likeness (QED) is 0.359. The van der Waals surface area contributed by atoms with Crippen molar-refractivity contribution in [2.45, 2.75) is 66.2 Å². The van der Waals surface area contributed by atoms with E-state index in [9.17, 15) is 4.79 Å². The Balaban J connectivity index is 1.44. The fourth-order valence-corrected chi connectivity index (χ4v) is 5.66. The number of halogens is 2. The number of hydrogen-bond acceptors (Lipinski definition) is 1. The van der Waals surface area contributed by atoms with Crippen LogP contribution in [0.3, 0.4) is 0 Å². The van der Waals surface area contributed by atoms with E-state index in [2.05, 4.69) is 52.0 Å². The molecule has 2 aromatic rings. The van der Waals surface area contributed by atoms with Crippen molar-refractivity contribution in [3.63, 3.8) is 0 Å². The minimum absolute atomic E-state index is 0.273. The van der Waals surface area contributed by atoms with Gasteiger partial charge in [-0.25, -0.2) is 0 Å². The summed E-state index contributed by atoms with van der Waals surface area (Å²) in [6.07, 6.45) is 8.89. The van der Waals surface area contributed by atoms with Crippen LogP contribution in [-0.4, -0.2) is 5.78 Å². The molecule has 0 saturated heterocycles. The second-order valence-corrected chi connectivity index (χ2v) is 10.7. The zero-order valence-corrected chi connectivity index (χ0v) is 22.0. The van der Waals surface area contributed by atoms with Crippen molar-refractivity contribution >= 4 is 40.1 Å². The number of Topliss-reactive ketones (excluding diaryl/α,β-unsaturated/α-hetero) is 1. The monoisotopic (exact) mass is 490 g/mol. The molecular weight excluding hydrogens is 459 g/mol. The Hall–Kier alpha value is -2.35. The molecule has 176 valence electrons. The van der Waals surface area contributed by atoms with Crippen LogP contribution < -0.4 is 0 Å². The van der Waals surface area contributed by atoms with Gasteiger partial charge in [-0.2, -0.15) is 0 Å². The molecule has 0 N–H and O–H groups in total. The summed E-state index contributed by atoms with van der Waals surface area (Å²) in [6.45, 7) is 8.66. The summed E-state index contributed by atoms with van der Waals surface area (Å²) in [5.41, 5.74) is 12.8. The van der Waals surface area contributed by atoms with Crippen molar-refractivity contribution in [3.8, 4) is 0 Å². The van der Waals surface area contributed by atoms with Gasteiger partial charge in [-0.3, -0.25) is 4.79 Å². The van der Waals surface area contributed by atoms with Crippen molar-refractivity contribution in [1.29, 1.82) is 0 Å². The van der Waals surface area contributed by atoms with Gasteiger partial charge >= 0.3 is 0 Å². The highest BCUT2D eigenvalue weighted by molar-refractivity contribution is 6.31. The van der Waals surface area contributed by atoms with Crippen LogP contribution in [0.5, 0.6) is 0 Å². The zero-order valence-electron chi connectivity index (χ0n) is 20.5. The lowest BCUT2D eigenvalue weighted by atomic mass is 9.91. The predicted octanol–water partition coefficient (Wildman–Crippen LogP) is 9.37. The highest BCUT2D eigenvalue weighted by Gasteiger charge is 2.18. The molecule has 0 aliphatic heterocycles. The number of carbonyl (C=O) groups is 1. The third kappa shape index (κ3) is 5.65. The van der Waals surface area contributed by atoms with Gasteiger partial charge < -0.3 is 0 Å². The molecule has 0 bridgehead atoms. The van der Waals surface area contributed by atoms with E-state index in [1.807, 2.05) is 24.3 Å². The van der Waals surface area contributed by atoms with E-state index in [0.29, 0.717) is 25.7 Å². The molecule has 2 aliphatic rings. The van der Waals surface area contributed by atoms with E-state index in [0.717, 1.165) is 34.0 Å². The summed E-state index contributed by atoms with van der Waals surface area (Å²) in [7, 11) is 0. The lowest BCUT2D eigenvalue weighted by molar-refractivity contribution is -0.119. The first-order chi connectivity index (χ1) is 16.2. The van der Waals surface area contributed by atoms with Gasteiger partial charge in [0.1, 0.15) is 5.78 Å². The van der Waals surface area contributed by atoms with Gasteiger partial charge in [-0.15, -0.1) is 0 Å². The van der Waals surface area contributed by atoms with Gasteiger partial charge in [-0.05, 0) is 122 Å². The molecule has 0 atom stereocenters. The van der Waals surface area contributed by atoms with E-state index in [-0.39, 0.29) is 5.78 Å². The van der Waals surface area contributed by atoms with Crippen molar-refractivity contribution in [1.82, 2.24) is 0 Å². The summed E-state index contributed by atoms with van der Waals surface area (Å²) in [4.78, 5) is 12.9. The summed E-state index contributed by atoms with van der Waals surface area (Å²) in [6, 6.07) is 12.2. The Bertz CT molecular complexity index is 1170. The van der Waals surface area contributed by atoms with E-state index in [1.54, 1.807) is 0 Å². The number of ketones is 1. The first kappa shape index (κ1) is 24.8. The SMILES string of the molecule is CC1=CC(C)=C(c2ccc(Cl)cc2CCC(=O)CCc2cc(Cl)ccc2C2=C(C)C=C(C)C2)C1. The second-order valence-electron chi connectivity index (χ2n) is 9.80. The molecule has 0 spiro atoms. The predicted molar refractivity (Wildman–Crippen MR) is 146 cm³/mol. The van der Waals surface area contributed by atoms with Crippen LogP contribution in [0.25, 0.3) is 11.1 Å². The van der Waals surface area contributed by atoms with Gasteiger partial charge in [0.2, 0.25) is 0 Å². The normalized spacial score (nSPS) is 15.8. The van der Waals surface area contributed by atoms with E-state index in [4.69, 9.17) is 23.2 Å². The lowest BCUT2D eigenvalue weighted by Gasteiger charge is -2.14. The van der Waals surface area contributed by atoms with Gasteiger partial charge in [0.15, 0.2) is 0 Å². The number of rotatable bonds is 8. The van der Waals surface area contributed by atoms with Crippen molar-refractivity contribution < 1.29 is 4.79 Å². The number of allylic oxidation sites excluding steroid dienone is 8. The second kappa shape index (κ2) is 10.5. The Morgan fingerprint density at radius 3 is 1.47 bits per heavy atom. The van der Waals surface area contributed by atoms with Crippen LogP contribution in [0.2, 0.25) is 10.0 Å². The average Bonchev–Trinajstić information content (AvgIpc) is 3.30. The lowest BCUT2D eigenvalue weighted by Crippen LogP contribution is -2.05. The minimum Gasteiger partial charge on any atom is -0.300 e. The first-order valence-corrected chi connectivity index (χ1v) is 12.8. The number of aryl methyl sites for hydroxylation is 2. The van der Waals surface area contributed by atoms with Gasteiger partial charge in [0.05, 0.1) is 0 Å². The fourth-order valence-electron chi connectivity index (χ4n) is 5.27. The molecule has 0 amide bonds. The Morgan fingerprint density at radius 2 is 1.12 bits per heavy atom. The van der Waals surface area contributed by atoms with E-state index in [1.165, 1.54) is 44.6 Å². The number of benzene rings is 2. The molecule has 0 heterocycles. The topological polar surface area (TPSA) is 17.1 Å². The molecule has 1 nitrogen and oxygen atoms in total. The molecule has 2 aliphatic carbocycles. The van der Waals surface area contributed by atoms with Crippen LogP contribution in [0, 0.1) is 0 Å². The van der Waals surface area contributed by atoms with Gasteiger partial charge in [0.25, 0.3) is 0 Å². The molecule has 0 aromatic heterocycles. The molecule has 0 fully saturated rings. The Labute approximate surface area is 213 Å². The molecule has 4 rings (SSSR count). The molecule has 0 unspecified atom stereocenters.